The summed E-state index contributed by atoms with van der Waals surface area (Å²) in [6.45, 7) is 6.61. The molecule has 1 N–H and O–H groups in total. The molecule has 1 aromatic heterocycles. The van der Waals surface area contributed by atoms with E-state index in [0.29, 0.717) is 34.6 Å². The summed E-state index contributed by atoms with van der Waals surface area (Å²) in [5, 5.41) is 3.38. The highest BCUT2D eigenvalue weighted by molar-refractivity contribution is 5.99. The van der Waals surface area contributed by atoms with E-state index in [9.17, 15) is 9.59 Å². The zero-order chi connectivity index (χ0) is 22.8. The Hall–Kier alpha value is -3.28. The minimum atomic E-state index is -0.605. The summed E-state index contributed by atoms with van der Waals surface area (Å²) in [7, 11) is 1.58. The summed E-state index contributed by atoms with van der Waals surface area (Å²) < 4.78 is 17.4. The molecule has 1 aliphatic heterocycles. The highest BCUT2D eigenvalue weighted by Gasteiger charge is 2.36. The Morgan fingerprint density at radius 1 is 1.03 bits per heavy atom. The topological polar surface area (TPSA) is 77.8 Å². The minimum absolute atomic E-state index is 0.0784. The van der Waals surface area contributed by atoms with Crippen molar-refractivity contribution in [2.75, 3.05) is 13.7 Å². The van der Waals surface area contributed by atoms with Crippen molar-refractivity contribution in [3.05, 3.63) is 68.6 Å². The summed E-state index contributed by atoms with van der Waals surface area (Å²) in [5.41, 5.74) is 3.15. The fourth-order valence-electron chi connectivity index (χ4n) is 4.31. The maximum absolute atomic E-state index is 13.4. The molecule has 3 aromatic rings. The molecule has 0 bridgehead atoms. The van der Waals surface area contributed by atoms with E-state index in [1.54, 1.807) is 7.11 Å². The molecule has 0 saturated heterocycles. The van der Waals surface area contributed by atoms with Gasteiger partial charge in [-0.3, -0.25) is 9.59 Å². The van der Waals surface area contributed by atoms with Crippen molar-refractivity contribution < 1.29 is 18.7 Å². The van der Waals surface area contributed by atoms with E-state index >= 15 is 0 Å². The molecule has 4 rings (SSSR count). The SMILES string of the molecule is CCCCCCOc1ccc(C2NC(=O)c3oc4c(C)cc(C)cc4c(=O)c32)cc1OC. The number of carbonyl (C=O) groups excluding carboxylic acids is 1. The number of carbonyl (C=O) groups is 1. The van der Waals surface area contributed by atoms with Crippen LogP contribution in [0.25, 0.3) is 11.0 Å². The number of rotatable bonds is 8. The van der Waals surface area contributed by atoms with Gasteiger partial charge in [-0.05, 0) is 55.2 Å². The van der Waals surface area contributed by atoms with Gasteiger partial charge in [0.2, 0.25) is 5.76 Å². The Bertz CT molecular complexity index is 1230. The summed E-state index contributed by atoms with van der Waals surface area (Å²) >= 11 is 0. The van der Waals surface area contributed by atoms with Gasteiger partial charge in [0.05, 0.1) is 30.7 Å². The standard InChI is InChI=1S/C26H29NO5/c1-5-6-7-8-11-31-19-10-9-17(14-20(19)30-4)22-21-23(28)18-13-15(2)12-16(3)24(18)32-25(21)26(29)27-22/h9-10,12-14,22H,5-8,11H2,1-4H3,(H,27,29). The first-order valence-electron chi connectivity index (χ1n) is 11.1. The number of amides is 1. The number of fused-ring (bicyclic) bond motifs is 2. The van der Waals surface area contributed by atoms with Crippen LogP contribution in [0.5, 0.6) is 11.5 Å². The van der Waals surface area contributed by atoms with Crippen molar-refractivity contribution in [3.8, 4) is 11.5 Å². The van der Waals surface area contributed by atoms with Crippen molar-refractivity contribution in [1.29, 1.82) is 0 Å². The highest BCUT2D eigenvalue weighted by Crippen LogP contribution is 2.36. The third-order valence-electron chi connectivity index (χ3n) is 5.90. The monoisotopic (exact) mass is 435 g/mol. The Kier molecular flexibility index (Phi) is 6.21. The Labute approximate surface area is 187 Å². The molecule has 1 unspecified atom stereocenters. The van der Waals surface area contributed by atoms with Gasteiger partial charge >= 0.3 is 0 Å². The number of unbranched alkanes of at least 4 members (excludes halogenated alkanes) is 3. The Morgan fingerprint density at radius 2 is 1.84 bits per heavy atom. The number of nitrogens with one attached hydrogen (secondary N) is 1. The van der Waals surface area contributed by atoms with Crippen molar-refractivity contribution in [1.82, 2.24) is 5.32 Å². The van der Waals surface area contributed by atoms with Gasteiger partial charge in [0.25, 0.3) is 5.91 Å². The lowest BCUT2D eigenvalue weighted by Crippen LogP contribution is -2.22. The third-order valence-corrected chi connectivity index (χ3v) is 5.90. The van der Waals surface area contributed by atoms with Crippen LogP contribution in [-0.2, 0) is 0 Å². The first kappa shape index (κ1) is 21.9. The molecule has 0 radical (unpaired) electrons. The van der Waals surface area contributed by atoms with Crippen LogP contribution < -0.4 is 20.2 Å². The second-order valence-electron chi connectivity index (χ2n) is 8.36. The van der Waals surface area contributed by atoms with Gasteiger partial charge in [-0.25, -0.2) is 0 Å². The van der Waals surface area contributed by atoms with Gasteiger partial charge in [-0.2, -0.15) is 0 Å². The van der Waals surface area contributed by atoms with Gasteiger partial charge < -0.3 is 19.2 Å². The maximum atomic E-state index is 13.4. The number of methoxy groups -OCH3 is 1. The summed E-state index contributed by atoms with van der Waals surface area (Å²) in [6, 6.07) is 8.64. The molecule has 2 aromatic carbocycles. The average molecular weight is 436 g/mol. The molecule has 2 heterocycles. The second-order valence-corrected chi connectivity index (χ2v) is 8.36. The molecule has 0 spiro atoms. The molecular weight excluding hydrogens is 406 g/mol. The molecule has 6 nitrogen and oxygen atoms in total. The van der Waals surface area contributed by atoms with E-state index in [4.69, 9.17) is 13.9 Å². The lowest BCUT2D eigenvalue weighted by Gasteiger charge is -2.16. The fraction of sp³-hybridized carbons (Fsp3) is 0.385. The van der Waals surface area contributed by atoms with Crippen LogP contribution in [0.15, 0.2) is 39.5 Å². The molecule has 6 heteroatoms. The van der Waals surface area contributed by atoms with Crippen LogP contribution in [0.3, 0.4) is 0 Å². The first-order chi connectivity index (χ1) is 15.4. The normalized spacial score (nSPS) is 15.0. The summed E-state index contributed by atoms with van der Waals surface area (Å²) in [6.07, 6.45) is 4.48. The molecule has 0 fully saturated rings. The molecule has 1 aliphatic rings. The van der Waals surface area contributed by atoms with Gasteiger partial charge in [-0.15, -0.1) is 0 Å². The molecule has 32 heavy (non-hydrogen) atoms. The van der Waals surface area contributed by atoms with E-state index in [-0.39, 0.29) is 17.1 Å². The molecular formula is C26H29NO5. The van der Waals surface area contributed by atoms with Gasteiger partial charge in [0.15, 0.2) is 16.9 Å². The molecule has 0 saturated carbocycles. The third kappa shape index (κ3) is 3.97. The van der Waals surface area contributed by atoms with E-state index in [2.05, 4.69) is 12.2 Å². The Balaban J connectivity index is 1.70. The first-order valence-corrected chi connectivity index (χ1v) is 11.1. The Morgan fingerprint density at radius 3 is 2.59 bits per heavy atom. The molecule has 1 atom stereocenters. The van der Waals surface area contributed by atoms with Crippen LogP contribution in [-0.4, -0.2) is 19.6 Å². The smallest absolute Gasteiger partial charge is 0.288 e. The van der Waals surface area contributed by atoms with Crippen LogP contribution in [0.2, 0.25) is 0 Å². The van der Waals surface area contributed by atoms with Crippen molar-refractivity contribution >= 4 is 16.9 Å². The van der Waals surface area contributed by atoms with Crippen LogP contribution in [0.4, 0.5) is 0 Å². The van der Waals surface area contributed by atoms with Crippen molar-refractivity contribution in [2.24, 2.45) is 0 Å². The molecule has 1 amide bonds. The average Bonchev–Trinajstić information content (AvgIpc) is 3.11. The van der Waals surface area contributed by atoms with Gasteiger partial charge in [-0.1, -0.05) is 38.3 Å². The van der Waals surface area contributed by atoms with Crippen molar-refractivity contribution in [2.45, 2.75) is 52.5 Å². The lowest BCUT2D eigenvalue weighted by atomic mass is 9.97. The fourth-order valence-corrected chi connectivity index (χ4v) is 4.31. The predicted octanol–water partition coefficient (Wildman–Crippen LogP) is 5.21. The predicted molar refractivity (Wildman–Crippen MR) is 124 cm³/mol. The van der Waals surface area contributed by atoms with Gasteiger partial charge in [0, 0.05) is 0 Å². The van der Waals surface area contributed by atoms with Crippen LogP contribution in [0, 0.1) is 13.8 Å². The number of hydrogen-bond donors (Lipinski definition) is 1. The maximum Gasteiger partial charge on any atom is 0.288 e. The van der Waals surface area contributed by atoms with Crippen molar-refractivity contribution in [3.63, 3.8) is 0 Å². The molecule has 0 aliphatic carbocycles. The lowest BCUT2D eigenvalue weighted by molar-refractivity contribution is 0.0938. The van der Waals surface area contributed by atoms with E-state index in [1.165, 1.54) is 12.8 Å². The van der Waals surface area contributed by atoms with E-state index in [0.717, 1.165) is 29.5 Å². The largest absolute Gasteiger partial charge is 0.493 e. The van der Waals surface area contributed by atoms with Crippen LogP contribution in [0.1, 0.15) is 71.5 Å². The quantitative estimate of drug-likeness (QED) is 0.492. The van der Waals surface area contributed by atoms with E-state index in [1.807, 2.05) is 44.2 Å². The summed E-state index contributed by atoms with van der Waals surface area (Å²) in [5.74, 6) is 0.903. The number of benzene rings is 2. The van der Waals surface area contributed by atoms with Crippen LogP contribution >= 0.6 is 0 Å². The molecule has 168 valence electrons. The number of hydrogen-bond acceptors (Lipinski definition) is 5. The van der Waals surface area contributed by atoms with E-state index < -0.39 is 6.04 Å². The van der Waals surface area contributed by atoms with Gasteiger partial charge in [0.1, 0.15) is 5.58 Å². The number of aryl methyl sites for hydroxylation is 2. The minimum Gasteiger partial charge on any atom is -0.493 e. The zero-order valence-electron chi connectivity index (χ0n) is 19.0. The zero-order valence-corrected chi connectivity index (χ0v) is 19.0. The number of ether oxygens (including phenoxy) is 2. The second kappa shape index (κ2) is 9.07. The summed E-state index contributed by atoms with van der Waals surface area (Å²) in [4.78, 5) is 26.1. The highest BCUT2D eigenvalue weighted by atomic mass is 16.5.